The summed E-state index contributed by atoms with van der Waals surface area (Å²) >= 11 is 0. The largest absolute Gasteiger partial charge is 0.326 e. The van der Waals surface area contributed by atoms with Gasteiger partial charge in [-0.25, -0.2) is 0 Å². The van der Waals surface area contributed by atoms with Gasteiger partial charge in [0, 0.05) is 12.3 Å². The lowest BCUT2D eigenvalue weighted by Crippen LogP contribution is -2.51. The van der Waals surface area contributed by atoms with E-state index in [1.807, 2.05) is 0 Å². The number of benzene rings is 2. The molecule has 1 nitrogen and oxygen atoms in total. The first-order valence-corrected chi connectivity index (χ1v) is 9.09. The molecule has 1 atom stereocenters. The highest BCUT2D eigenvalue weighted by molar-refractivity contribution is 5.32. The standard InChI is InChI=1S/C22H30N/c1-23(2)18-10-9-15-21(23)16-17-22(19-11-5-3-6-12-19)20-13-7-4-8-14-20/h3-8,11-14,21-22H,9-10,15-18H2,1-2H3/q+1. The zero-order valence-electron chi connectivity index (χ0n) is 14.6. The van der Waals surface area contributed by atoms with Crippen molar-refractivity contribution in [3.8, 4) is 0 Å². The fourth-order valence-corrected chi connectivity index (χ4v) is 4.18. The molecular formula is C22H30N+. The van der Waals surface area contributed by atoms with Gasteiger partial charge in [0.15, 0.2) is 0 Å². The molecule has 1 aliphatic rings. The van der Waals surface area contributed by atoms with Gasteiger partial charge >= 0.3 is 0 Å². The molecule has 23 heavy (non-hydrogen) atoms. The van der Waals surface area contributed by atoms with Gasteiger partial charge in [0.1, 0.15) is 0 Å². The molecule has 2 aromatic carbocycles. The van der Waals surface area contributed by atoms with Gasteiger partial charge in [-0.15, -0.1) is 0 Å². The van der Waals surface area contributed by atoms with Crippen LogP contribution in [-0.4, -0.2) is 31.2 Å². The molecule has 0 spiro atoms. The number of piperidine rings is 1. The van der Waals surface area contributed by atoms with E-state index in [1.165, 1.54) is 54.3 Å². The Morgan fingerprint density at radius 1 is 0.870 bits per heavy atom. The van der Waals surface area contributed by atoms with Crippen molar-refractivity contribution in [1.82, 2.24) is 0 Å². The van der Waals surface area contributed by atoms with E-state index in [0.717, 1.165) is 6.04 Å². The van der Waals surface area contributed by atoms with E-state index in [4.69, 9.17) is 0 Å². The summed E-state index contributed by atoms with van der Waals surface area (Å²) in [6.45, 7) is 1.34. The molecule has 0 N–H and O–H groups in total. The average Bonchev–Trinajstić information content (AvgIpc) is 2.58. The molecule has 1 aliphatic heterocycles. The van der Waals surface area contributed by atoms with Crippen molar-refractivity contribution in [2.75, 3.05) is 20.6 Å². The second-order valence-electron chi connectivity index (χ2n) is 7.60. The normalized spacial score (nSPS) is 20.6. The van der Waals surface area contributed by atoms with Crippen LogP contribution in [0.3, 0.4) is 0 Å². The molecule has 122 valence electrons. The summed E-state index contributed by atoms with van der Waals surface area (Å²) in [5.41, 5.74) is 2.92. The Morgan fingerprint density at radius 3 is 1.96 bits per heavy atom. The van der Waals surface area contributed by atoms with Gasteiger partial charge in [0.05, 0.1) is 26.7 Å². The minimum Gasteiger partial charge on any atom is -0.326 e. The molecule has 1 heteroatoms. The molecule has 3 rings (SSSR count). The number of hydrogen-bond donors (Lipinski definition) is 0. The van der Waals surface area contributed by atoms with Crippen LogP contribution in [0.15, 0.2) is 60.7 Å². The summed E-state index contributed by atoms with van der Waals surface area (Å²) < 4.78 is 1.20. The molecule has 0 bridgehead atoms. The Kier molecular flexibility index (Phi) is 5.17. The summed E-state index contributed by atoms with van der Waals surface area (Å²) in [4.78, 5) is 0. The fourth-order valence-electron chi connectivity index (χ4n) is 4.18. The van der Waals surface area contributed by atoms with Crippen LogP contribution in [0.5, 0.6) is 0 Å². The first kappa shape index (κ1) is 16.3. The fraction of sp³-hybridized carbons (Fsp3) is 0.455. The molecule has 0 amide bonds. The lowest BCUT2D eigenvalue weighted by atomic mass is 9.84. The third-order valence-corrected chi connectivity index (χ3v) is 5.70. The third-order valence-electron chi connectivity index (χ3n) is 5.70. The molecule has 0 saturated carbocycles. The molecule has 1 fully saturated rings. The molecular weight excluding hydrogens is 278 g/mol. The average molecular weight is 308 g/mol. The topological polar surface area (TPSA) is 0 Å². The summed E-state index contributed by atoms with van der Waals surface area (Å²) in [6.07, 6.45) is 6.77. The van der Waals surface area contributed by atoms with Gasteiger partial charge < -0.3 is 4.48 Å². The van der Waals surface area contributed by atoms with Crippen LogP contribution in [0.4, 0.5) is 0 Å². The van der Waals surface area contributed by atoms with Crippen LogP contribution in [0.25, 0.3) is 0 Å². The summed E-state index contributed by atoms with van der Waals surface area (Å²) in [7, 11) is 4.84. The highest BCUT2D eigenvalue weighted by atomic mass is 15.3. The SMILES string of the molecule is C[N+]1(C)CCCCC1CCC(c1ccccc1)c1ccccc1. The van der Waals surface area contributed by atoms with Gasteiger partial charge in [-0.3, -0.25) is 0 Å². The molecule has 2 aromatic rings. The van der Waals surface area contributed by atoms with Crippen LogP contribution >= 0.6 is 0 Å². The lowest BCUT2D eigenvalue weighted by molar-refractivity contribution is -0.920. The predicted octanol–water partition coefficient (Wildman–Crippen LogP) is 5.23. The molecule has 0 aliphatic carbocycles. The Labute approximate surface area is 141 Å². The molecule has 1 heterocycles. The monoisotopic (exact) mass is 308 g/mol. The maximum Gasteiger partial charge on any atom is 0.0886 e. The van der Waals surface area contributed by atoms with E-state index in [9.17, 15) is 0 Å². The van der Waals surface area contributed by atoms with Gasteiger partial charge in [-0.05, 0) is 36.8 Å². The van der Waals surface area contributed by atoms with Crippen molar-refractivity contribution in [1.29, 1.82) is 0 Å². The lowest BCUT2D eigenvalue weighted by Gasteiger charge is -2.42. The Hall–Kier alpha value is -1.60. The predicted molar refractivity (Wildman–Crippen MR) is 98.6 cm³/mol. The number of rotatable bonds is 5. The van der Waals surface area contributed by atoms with Crippen LogP contribution in [-0.2, 0) is 0 Å². The van der Waals surface area contributed by atoms with E-state index >= 15 is 0 Å². The van der Waals surface area contributed by atoms with Crippen molar-refractivity contribution in [3.63, 3.8) is 0 Å². The van der Waals surface area contributed by atoms with Gasteiger partial charge in [0.25, 0.3) is 0 Å². The van der Waals surface area contributed by atoms with Crippen LogP contribution in [0.1, 0.15) is 49.1 Å². The first-order valence-electron chi connectivity index (χ1n) is 9.09. The highest BCUT2D eigenvalue weighted by Crippen LogP contribution is 2.33. The van der Waals surface area contributed by atoms with E-state index in [2.05, 4.69) is 74.8 Å². The van der Waals surface area contributed by atoms with E-state index in [0.29, 0.717) is 5.92 Å². The molecule has 0 radical (unpaired) electrons. The van der Waals surface area contributed by atoms with E-state index in [-0.39, 0.29) is 0 Å². The van der Waals surface area contributed by atoms with Gasteiger partial charge in [-0.2, -0.15) is 0 Å². The summed E-state index contributed by atoms with van der Waals surface area (Å²) in [6, 6.07) is 22.9. The number of quaternary nitrogens is 1. The van der Waals surface area contributed by atoms with Crippen LogP contribution < -0.4 is 0 Å². The zero-order valence-corrected chi connectivity index (χ0v) is 14.6. The van der Waals surface area contributed by atoms with Gasteiger partial charge in [0.2, 0.25) is 0 Å². The van der Waals surface area contributed by atoms with Crippen LogP contribution in [0.2, 0.25) is 0 Å². The van der Waals surface area contributed by atoms with E-state index in [1.54, 1.807) is 0 Å². The van der Waals surface area contributed by atoms with Crippen molar-refractivity contribution >= 4 is 0 Å². The van der Waals surface area contributed by atoms with Crippen LogP contribution in [0, 0.1) is 0 Å². The Bertz CT molecular complexity index is 548. The quantitative estimate of drug-likeness (QED) is 0.664. The number of nitrogens with zero attached hydrogens (tertiary/aromatic N) is 1. The molecule has 1 unspecified atom stereocenters. The Morgan fingerprint density at radius 2 is 1.43 bits per heavy atom. The second-order valence-corrected chi connectivity index (χ2v) is 7.60. The number of hydrogen-bond acceptors (Lipinski definition) is 0. The smallest absolute Gasteiger partial charge is 0.0886 e. The van der Waals surface area contributed by atoms with Crippen molar-refractivity contribution in [2.45, 2.75) is 44.1 Å². The minimum atomic E-state index is 0.527. The maximum atomic E-state index is 2.42. The van der Waals surface area contributed by atoms with Crippen molar-refractivity contribution < 1.29 is 4.48 Å². The third kappa shape index (κ3) is 4.03. The summed E-state index contributed by atoms with van der Waals surface area (Å²) in [5, 5.41) is 0. The van der Waals surface area contributed by atoms with Crippen molar-refractivity contribution in [3.05, 3.63) is 71.8 Å². The molecule has 1 saturated heterocycles. The summed E-state index contributed by atoms with van der Waals surface area (Å²) in [5.74, 6) is 0.527. The molecule has 0 aromatic heterocycles. The highest BCUT2D eigenvalue weighted by Gasteiger charge is 2.31. The first-order chi connectivity index (χ1) is 11.2. The van der Waals surface area contributed by atoms with Crippen molar-refractivity contribution in [2.24, 2.45) is 0 Å². The zero-order chi connectivity index (χ0) is 16.1. The maximum absolute atomic E-state index is 2.42. The Balaban J connectivity index is 1.77. The van der Waals surface area contributed by atoms with E-state index < -0.39 is 0 Å². The minimum absolute atomic E-state index is 0.527. The second kappa shape index (κ2) is 7.31. The van der Waals surface area contributed by atoms with Gasteiger partial charge in [-0.1, -0.05) is 60.7 Å². The number of likely N-dealkylation sites (tertiary alicyclic amines) is 1.